The highest BCUT2D eigenvalue weighted by molar-refractivity contribution is 5.63. The molecule has 0 atom stereocenters. The van der Waals surface area contributed by atoms with E-state index in [9.17, 15) is 5.11 Å². The highest BCUT2D eigenvalue weighted by atomic mass is 16.5. The number of nitrogens with one attached hydrogen (secondary N) is 1. The Labute approximate surface area is 176 Å². The number of imidazole rings is 1. The van der Waals surface area contributed by atoms with E-state index >= 15 is 0 Å². The molecule has 0 amide bonds. The van der Waals surface area contributed by atoms with Crippen molar-refractivity contribution < 1.29 is 9.84 Å². The summed E-state index contributed by atoms with van der Waals surface area (Å²) in [6.07, 6.45) is 6.01. The van der Waals surface area contributed by atoms with E-state index in [-0.39, 0.29) is 0 Å². The minimum absolute atomic E-state index is 0.449. The van der Waals surface area contributed by atoms with Gasteiger partial charge in [0.15, 0.2) is 0 Å². The largest absolute Gasteiger partial charge is 0.494 e. The fourth-order valence-electron chi connectivity index (χ4n) is 3.56. The van der Waals surface area contributed by atoms with Crippen molar-refractivity contribution in [3.63, 3.8) is 0 Å². The Morgan fingerprint density at radius 3 is 2.53 bits per heavy atom. The van der Waals surface area contributed by atoms with E-state index in [4.69, 9.17) is 9.72 Å². The molecule has 158 valence electrons. The average Bonchev–Trinajstić information content (AvgIpc) is 3.39. The Kier molecular flexibility index (Phi) is 5.34. The van der Waals surface area contributed by atoms with Crippen LogP contribution in [0.3, 0.4) is 0 Å². The van der Waals surface area contributed by atoms with Gasteiger partial charge in [-0.05, 0) is 45.7 Å². The number of hydrogen-bond acceptors (Lipinski definition) is 7. The molecule has 1 saturated heterocycles. The second-order valence-corrected chi connectivity index (χ2v) is 8.12. The van der Waals surface area contributed by atoms with E-state index in [1.807, 2.05) is 42.0 Å². The third-order valence-corrected chi connectivity index (χ3v) is 5.20. The molecule has 3 aromatic rings. The predicted octanol–water partition coefficient (Wildman–Crippen LogP) is 3.55. The summed E-state index contributed by atoms with van der Waals surface area (Å²) in [6, 6.07) is 7.69. The lowest BCUT2D eigenvalue weighted by atomic mass is 10.1. The van der Waals surface area contributed by atoms with Crippen LogP contribution in [0.25, 0.3) is 5.69 Å². The Morgan fingerprint density at radius 2 is 1.90 bits per heavy atom. The smallest absolute Gasteiger partial charge is 0.229 e. The summed E-state index contributed by atoms with van der Waals surface area (Å²) in [4.78, 5) is 15.8. The predicted molar refractivity (Wildman–Crippen MR) is 117 cm³/mol. The summed E-state index contributed by atoms with van der Waals surface area (Å²) in [7, 11) is 1.64. The summed E-state index contributed by atoms with van der Waals surface area (Å²) < 4.78 is 7.52. The second-order valence-electron chi connectivity index (χ2n) is 8.12. The van der Waals surface area contributed by atoms with Crippen LogP contribution in [0, 0.1) is 6.92 Å². The number of aliphatic hydroxyl groups is 1. The summed E-state index contributed by atoms with van der Waals surface area (Å²) in [5.41, 5.74) is 2.15. The van der Waals surface area contributed by atoms with Crippen molar-refractivity contribution in [3.8, 4) is 11.4 Å². The van der Waals surface area contributed by atoms with Gasteiger partial charge in [-0.3, -0.25) is 0 Å². The zero-order valence-corrected chi connectivity index (χ0v) is 17.9. The van der Waals surface area contributed by atoms with Crippen LogP contribution in [0.1, 0.15) is 38.1 Å². The molecule has 1 aromatic carbocycles. The third-order valence-electron chi connectivity index (χ3n) is 5.20. The number of hydrogen-bond donors (Lipinski definition) is 2. The number of ether oxygens (including phenoxy) is 1. The SMILES string of the molecule is COc1cc(Nc2nc(N3CCCC3)cc(C(C)(C)O)n2)ccc1-n1cnc(C)c1. The van der Waals surface area contributed by atoms with Crippen LogP contribution in [0.15, 0.2) is 36.8 Å². The highest BCUT2D eigenvalue weighted by Crippen LogP contribution is 2.30. The van der Waals surface area contributed by atoms with Gasteiger partial charge < -0.3 is 24.6 Å². The first-order valence-electron chi connectivity index (χ1n) is 10.2. The van der Waals surface area contributed by atoms with Crippen molar-refractivity contribution in [1.29, 1.82) is 0 Å². The zero-order valence-electron chi connectivity index (χ0n) is 17.9. The molecule has 3 heterocycles. The molecule has 0 spiro atoms. The van der Waals surface area contributed by atoms with Gasteiger partial charge in [0.1, 0.15) is 17.2 Å². The van der Waals surface area contributed by atoms with Crippen LogP contribution in [0.5, 0.6) is 5.75 Å². The van der Waals surface area contributed by atoms with E-state index in [0.29, 0.717) is 17.4 Å². The monoisotopic (exact) mass is 408 g/mol. The molecule has 4 rings (SSSR count). The van der Waals surface area contributed by atoms with E-state index in [1.165, 1.54) is 0 Å². The number of benzene rings is 1. The van der Waals surface area contributed by atoms with Gasteiger partial charge in [0.2, 0.25) is 5.95 Å². The van der Waals surface area contributed by atoms with Gasteiger partial charge in [-0.25, -0.2) is 9.97 Å². The van der Waals surface area contributed by atoms with Crippen molar-refractivity contribution in [1.82, 2.24) is 19.5 Å². The zero-order chi connectivity index (χ0) is 21.3. The lowest BCUT2D eigenvalue weighted by molar-refractivity contribution is 0.0739. The van der Waals surface area contributed by atoms with Gasteiger partial charge in [-0.15, -0.1) is 0 Å². The number of methoxy groups -OCH3 is 1. The number of aryl methyl sites for hydroxylation is 1. The molecule has 8 heteroatoms. The molecule has 1 aliphatic heterocycles. The average molecular weight is 409 g/mol. The number of anilines is 3. The third kappa shape index (κ3) is 4.23. The van der Waals surface area contributed by atoms with Gasteiger partial charge in [0.05, 0.1) is 30.5 Å². The standard InChI is InChI=1S/C22H28N6O2/c1-15-13-28(14-23-15)17-8-7-16(11-18(17)30-4)24-21-25-19(22(2,3)29)12-20(26-21)27-9-5-6-10-27/h7-8,11-14,29H,5-6,9-10H2,1-4H3,(H,24,25,26). The molecule has 8 nitrogen and oxygen atoms in total. The fraction of sp³-hybridized carbons (Fsp3) is 0.409. The van der Waals surface area contributed by atoms with E-state index in [0.717, 1.165) is 48.8 Å². The topological polar surface area (TPSA) is 88.3 Å². The van der Waals surface area contributed by atoms with Gasteiger partial charge in [0.25, 0.3) is 0 Å². The van der Waals surface area contributed by atoms with Crippen molar-refractivity contribution in [2.75, 3.05) is 30.4 Å². The lowest BCUT2D eigenvalue weighted by Gasteiger charge is -2.22. The minimum Gasteiger partial charge on any atom is -0.494 e. The van der Waals surface area contributed by atoms with Crippen LogP contribution in [0.2, 0.25) is 0 Å². The summed E-state index contributed by atoms with van der Waals surface area (Å²) in [5.74, 6) is 1.99. The maximum atomic E-state index is 10.5. The first-order valence-corrected chi connectivity index (χ1v) is 10.2. The maximum absolute atomic E-state index is 10.5. The normalized spacial score (nSPS) is 14.2. The molecule has 2 aromatic heterocycles. The molecule has 0 unspecified atom stereocenters. The summed E-state index contributed by atoms with van der Waals surface area (Å²) >= 11 is 0. The summed E-state index contributed by atoms with van der Waals surface area (Å²) in [6.45, 7) is 7.35. The van der Waals surface area contributed by atoms with Crippen molar-refractivity contribution >= 4 is 17.5 Å². The van der Waals surface area contributed by atoms with Crippen LogP contribution in [-0.2, 0) is 5.60 Å². The Bertz CT molecular complexity index is 1030. The maximum Gasteiger partial charge on any atom is 0.229 e. The Hall–Kier alpha value is -3.13. The van der Waals surface area contributed by atoms with Gasteiger partial charge in [-0.1, -0.05) is 0 Å². The van der Waals surface area contributed by atoms with Gasteiger partial charge >= 0.3 is 0 Å². The molecule has 2 N–H and O–H groups in total. The van der Waals surface area contributed by atoms with Gasteiger partial charge in [-0.2, -0.15) is 4.98 Å². The molecule has 1 aliphatic rings. The fourth-order valence-corrected chi connectivity index (χ4v) is 3.56. The van der Waals surface area contributed by atoms with Gasteiger partial charge in [0, 0.05) is 37.1 Å². The first-order chi connectivity index (χ1) is 14.3. The van der Waals surface area contributed by atoms with Crippen molar-refractivity contribution in [2.45, 2.75) is 39.2 Å². The quantitative estimate of drug-likeness (QED) is 0.645. The molecule has 30 heavy (non-hydrogen) atoms. The van der Waals surface area contributed by atoms with Crippen LogP contribution in [0.4, 0.5) is 17.5 Å². The Morgan fingerprint density at radius 1 is 1.13 bits per heavy atom. The molecular weight excluding hydrogens is 380 g/mol. The number of nitrogens with zero attached hydrogens (tertiary/aromatic N) is 5. The number of aromatic nitrogens is 4. The summed E-state index contributed by atoms with van der Waals surface area (Å²) in [5, 5.41) is 13.8. The molecule has 0 saturated carbocycles. The molecular formula is C22H28N6O2. The van der Waals surface area contributed by atoms with Crippen LogP contribution < -0.4 is 15.0 Å². The Balaban J connectivity index is 1.67. The highest BCUT2D eigenvalue weighted by Gasteiger charge is 2.23. The minimum atomic E-state index is -1.06. The first kappa shape index (κ1) is 20.2. The molecule has 0 bridgehead atoms. The molecule has 0 radical (unpaired) electrons. The van der Waals surface area contributed by atoms with Crippen molar-refractivity contribution in [2.24, 2.45) is 0 Å². The molecule has 1 fully saturated rings. The van der Waals surface area contributed by atoms with Crippen LogP contribution in [-0.4, -0.2) is 44.8 Å². The van der Waals surface area contributed by atoms with E-state index < -0.39 is 5.60 Å². The van der Waals surface area contributed by atoms with E-state index in [2.05, 4.69) is 20.2 Å². The lowest BCUT2D eigenvalue weighted by Crippen LogP contribution is -2.23. The second kappa shape index (κ2) is 7.95. The number of rotatable bonds is 6. The van der Waals surface area contributed by atoms with Crippen LogP contribution >= 0.6 is 0 Å². The van der Waals surface area contributed by atoms with E-state index in [1.54, 1.807) is 27.3 Å². The molecule has 0 aliphatic carbocycles. The van der Waals surface area contributed by atoms with Crippen molar-refractivity contribution in [3.05, 3.63) is 48.2 Å².